The molecule has 5 heteroatoms. The number of nitrogen functional groups attached to an aromatic ring is 1. The SMILES string of the molecule is Nc1ccccc1C(=O)NCC(O)CO. The number of amides is 1. The van der Waals surface area contributed by atoms with E-state index >= 15 is 0 Å². The number of rotatable bonds is 4. The summed E-state index contributed by atoms with van der Waals surface area (Å²) >= 11 is 0. The fraction of sp³-hybridized carbons (Fsp3) is 0.300. The molecule has 0 bridgehead atoms. The minimum Gasteiger partial charge on any atom is -0.398 e. The van der Waals surface area contributed by atoms with E-state index in [0.717, 1.165) is 0 Å². The van der Waals surface area contributed by atoms with Gasteiger partial charge in [-0.15, -0.1) is 0 Å². The van der Waals surface area contributed by atoms with E-state index in [4.69, 9.17) is 15.9 Å². The molecule has 0 radical (unpaired) electrons. The first-order chi connectivity index (χ1) is 7.15. The Bertz CT molecular complexity index is 341. The van der Waals surface area contributed by atoms with Crippen LogP contribution in [0.4, 0.5) is 5.69 Å². The molecule has 0 fully saturated rings. The molecule has 0 aromatic heterocycles. The highest BCUT2D eigenvalue weighted by atomic mass is 16.3. The van der Waals surface area contributed by atoms with Gasteiger partial charge >= 0.3 is 0 Å². The van der Waals surface area contributed by atoms with Gasteiger partial charge in [-0.3, -0.25) is 4.79 Å². The average Bonchev–Trinajstić information content (AvgIpc) is 2.26. The first-order valence-corrected chi connectivity index (χ1v) is 4.56. The van der Waals surface area contributed by atoms with E-state index in [1.54, 1.807) is 24.3 Å². The monoisotopic (exact) mass is 210 g/mol. The molecule has 1 amide bonds. The number of carbonyl (C=O) groups is 1. The molecular weight excluding hydrogens is 196 g/mol. The van der Waals surface area contributed by atoms with Gasteiger partial charge in [0, 0.05) is 12.2 Å². The molecule has 1 atom stereocenters. The molecule has 0 saturated heterocycles. The Kier molecular flexibility index (Phi) is 4.08. The Balaban J connectivity index is 2.58. The van der Waals surface area contributed by atoms with Crippen LogP contribution in [-0.4, -0.2) is 35.4 Å². The van der Waals surface area contributed by atoms with Crippen LogP contribution in [0.5, 0.6) is 0 Å². The van der Waals surface area contributed by atoms with E-state index in [1.165, 1.54) is 0 Å². The summed E-state index contributed by atoms with van der Waals surface area (Å²) in [6.07, 6.45) is -0.945. The third kappa shape index (κ3) is 3.23. The van der Waals surface area contributed by atoms with Crippen molar-refractivity contribution in [3.63, 3.8) is 0 Å². The van der Waals surface area contributed by atoms with Gasteiger partial charge in [-0.25, -0.2) is 0 Å². The van der Waals surface area contributed by atoms with Crippen LogP contribution in [-0.2, 0) is 0 Å². The molecule has 0 saturated carbocycles. The summed E-state index contributed by atoms with van der Waals surface area (Å²) in [4.78, 5) is 11.5. The normalized spacial score (nSPS) is 12.1. The molecular formula is C10H14N2O3. The van der Waals surface area contributed by atoms with Gasteiger partial charge < -0.3 is 21.3 Å². The lowest BCUT2D eigenvalue weighted by molar-refractivity contribution is 0.0802. The number of para-hydroxylation sites is 1. The first-order valence-electron chi connectivity index (χ1n) is 4.56. The van der Waals surface area contributed by atoms with Crippen LogP contribution < -0.4 is 11.1 Å². The Morgan fingerprint density at radius 2 is 2.13 bits per heavy atom. The predicted octanol–water partition coefficient (Wildman–Crippen LogP) is -0.648. The summed E-state index contributed by atoms with van der Waals surface area (Å²) in [5.41, 5.74) is 6.33. The number of aliphatic hydroxyl groups is 2. The number of anilines is 1. The van der Waals surface area contributed by atoms with E-state index in [1.807, 2.05) is 0 Å². The number of carbonyl (C=O) groups excluding carboxylic acids is 1. The fourth-order valence-corrected chi connectivity index (χ4v) is 1.07. The van der Waals surface area contributed by atoms with Gasteiger partial charge in [-0.1, -0.05) is 12.1 Å². The van der Waals surface area contributed by atoms with Gasteiger partial charge in [-0.05, 0) is 12.1 Å². The lowest BCUT2D eigenvalue weighted by Crippen LogP contribution is -2.34. The van der Waals surface area contributed by atoms with Crippen LogP contribution in [0.2, 0.25) is 0 Å². The lowest BCUT2D eigenvalue weighted by atomic mass is 10.1. The first kappa shape index (κ1) is 11.5. The molecule has 5 N–H and O–H groups in total. The third-order valence-electron chi connectivity index (χ3n) is 1.91. The molecule has 82 valence electrons. The van der Waals surface area contributed by atoms with Crippen molar-refractivity contribution in [1.82, 2.24) is 5.32 Å². The maximum atomic E-state index is 11.5. The smallest absolute Gasteiger partial charge is 0.253 e. The van der Waals surface area contributed by atoms with Gasteiger partial charge in [0.2, 0.25) is 0 Å². The Morgan fingerprint density at radius 3 is 2.73 bits per heavy atom. The molecule has 0 aliphatic rings. The third-order valence-corrected chi connectivity index (χ3v) is 1.91. The van der Waals surface area contributed by atoms with Crippen LogP contribution >= 0.6 is 0 Å². The Hall–Kier alpha value is -1.59. The fourth-order valence-electron chi connectivity index (χ4n) is 1.07. The lowest BCUT2D eigenvalue weighted by Gasteiger charge is -2.09. The largest absolute Gasteiger partial charge is 0.398 e. The number of nitrogens with two attached hydrogens (primary N) is 1. The summed E-state index contributed by atoms with van der Waals surface area (Å²) in [5.74, 6) is -0.361. The van der Waals surface area contributed by atoms with Crippen molar-refractivity contribution in [3.05, 3.63) is 29.8 Å². The zero-order chi connectivity index (χ0) is 11.3. The van der Waals surface area contributed by atoms with E-state index < -0.39 is 6.10 Å². The van der Waals surface area contributed by atoms with Crippen molar-refractivity contribution >= 4 is 11.6 Å². The summed E-state index contributed by atoms with van der Waals surface area (Å²) in [6.45, 7) is -0.381. The van der Waals surface area contributed by atoms with Crippen molar-refractivity contribution in [2.24, 2.45) is 0 Å². The van der Waals surface area contributed by atoms with Crippen molar-refractivity contribution in [3.8, 4) is 0 Å². The number of aliphatic hydroxyl groups excluding tert-OH is 2. The summed E-state index contributed by atoms with van der Waals surface area (Å²) < 4.78 is 0. The highest BCUT2D eigenvalue weighted by Gasteiger charge is 2.10. The highest BCUT2D eigenvalue weighted by Crippen LogP contribution is 2.09. The van der Waals surface area contributed by atoms with Crippen molar-refractivity contribution < 1.29 is 15.0 Å². The molecule has 15 heavy (non-hydrogen) atoms. The summed E-state index contributed by atoms with van der Waals surface area (Å²) in [6, 6.07) is 6.65. The second-order valence-electron chi connectivity index (χ2n) is 3.13. The van der Waals surface area contributed by atoms with Crippen LogP contribution in [0.25, 0.3) is 0 Å². The van der Waals surface area contributed by atoms with Gasteiger partial charge in [-0.2, -0.15) is 0 Å². The van der Waals surface area contributed by atoms with Crippen LogP contribution in [0.15, 0.2) is 24.3 Å². The van der Waals surface area contributed by atoms with Crippen molar-refractivity contribution in [2.75, 3.05) is 18.9 Å². The summed E-state index contributed by atoms with van der Waals surface area (Å²) in [7, 11) is 0. The van der Waals surface area contributed by atoms with Gasteiger partial charge in [0.1, 0.15) is 0 Å². The van der Waals surface area contributed by atoms with E-state index in [9.17, 15) is 4.79 Å². The molecule has 1 rings (SSSR count). The predicted molar refractivity (Wildman–Crippen MR) is 56.3 cm³/mol. The minimum atomic E-state index is -0.945. The van der Waals surface area contributed by atoms with E-state index in [0.29, 0.717) is 11.3 Å². The van der Waals surface area contributed by atoms with E-state index in [-0.39, 0.29) is 19.1 Å². The second-order valence-corrected chi connectivity index (χ2v) is 3.13. The topological polar surface area (TPSA) is 95.6 Å². The molecule has 1 unspecified atom stereocenters. The molecule has 1 aromatic rings. The van der Waals surface area contributed by atoms with Gasteiger partial charge in [0.15, 0.2) is 0 Å². The minimum absolute atomic E-state index is 0.00364. The van der Waals surface area contributed by atoms with Crippen LogP contribution in [0.3, 0.4) is 0 Å². The van der Waals surface area contributed by atoms with Crippen molar-refractivity contribution in [1.29, 1.82) is 0 Å². The van der Waals surface area contributed by atoms with Gasteiger partial charge in [0.05, 0.1) is 18.3 Å². The second kappa shape index (κ2) is 5.33. The molecule has 0 heterocycles. The highest BCUT2D eigenvalue weighted by molar-refractivity contribution is 5.99. The number of benzene rings is 1. The standard InChI is InChI=1S/C10H14N2O3/c11-9-4-2-1-3-8(9)10(15)12-5-7(14)6-13/h1-4,7,13-14H,5-6,11H2,(H,12,15). The number of hydrogen-bond donors (Lipinski definition) is 4. The number of hydrogen-bond acceptors (Lipinski definition) is 4. The zero-order valence-corrected chi connectivity index (χ0v) is 8.18. The Labute approximate surface area is 87.5 Å². The molecule has 0 aliphatic heterocycles. The average molecular weight is 210 g/mol. The molecule has 5 nitrogen and oxygen atoms in total. The van der Waals surface area contributed by atoms with Crippen LogP contribution in [0, 0.1) is 0 Å². The van der Waals surface area contributed by atoms with Gasteiger partial charge in [0.25, 0.3) is 5.91 Å². The maximum absolute atomic E-state index is 11.5. The Morgan fingerprint density at radius 1 is 1.47 bits per heavy atom. The quantitative estimate of drug-likeness (QED) is 0.497. The molecule has 0 spiro atoms. The zero-order valence-electron chi connectivity index (χ0n) is 8.18. The molecule has 0 aliphatic carbocycles. The summed E-state index contributed by atoms with van der Waals surface area (Å²) in [5, 5.41) is 20.0. The molecule has 1 aromatic carbocycles. The van der Waals surface area contributed by atoms with E-state index in [2.05, 4.69) is 5.32 Å². The van der Waals surface area contributed by atoms with Crippen LogP contribution in [0.1, 0.15) is 10.4 Å². The number of nitrogens with one attached hydrogen (secondary N) is 1. The van der Waals surface area contributed by atoms with Crippen molar-refractivity contribution in [2.45, 2.75) is 6.10 Å². The maximum Gasteiger partial charge on any atom is 0.253 e.